The first-order chi connectivity index (χ1) is 11.5. The van der Waals surface area contributed by atoms with Crippen molar-refractivity contribution in [2.75, 3.05) is 25.0 Å². The fraction of sp³-hybridized carbons (Fsp3) is 0.529. The molecule has 0 aromatic heterocycles. The number of benzene rings is 1. The van der Waals surface area contributed by atoms with Crippen LogP contribution in [0.2, 0.25) is 0 Å². The summed E-state index contributed by atoms with van der Waals surface area (Å²) >= 11 is 0. The van der Waals surface area contributed by atoms with Crippen LogP contribution in [0.25, 0.3) is 0 Å². The van der Waals surface area contributed by atoms with Gasteiger partial charge in [-0.1, -0.05) is 6.92 Å². The molecular formula is C17H21F2N3O2. The lowest BCUT2D eigenvalue weighted by Crippen LogP contribution is -2.59. The average molecular weight is 337 g/mol. The molecule has 2 atom stereocenters. The van der Waals surface area contributed by atoms with Crippen LogP contribution in [0.1, 0.15) is 26.2 Å². The molecule has 2 saturated heterocycles. The maximum Gasteiger partial charge on any atom is 0.313 e. The molecule has 2 amide bonds. The van der Waals surface area contributed by atoms with Crippen LogP contribution in [-0.2, 0) is 9.59 Å². The Morgan fingerprint density at radius 3 is 2.75 bits per heavy atom. The maximum absolute atomic E-state index is 13.2. The molecular weight excluding hydrogens is 316 g/mol. The minimum atomic E-state index is -1.06. The summed E-state index contributed by atoms with van der Waals surface area (Å²) in [5.41, 5.74) is 0.0693. The molecule has 1 aromatic rings. The van der Waals surface area contributed by atoms with Crippen LogP contribution in [0.3, 0.4) is 0 Å². The van der Waals surface area contributed by atoms with Gasteiger partial charge in [0, 0.05) is 36.9 Å². The highest BCUT2D eigenvalue weighted by atomic mass is 19.2. The van der Waals surface area contributed by atoms with Crippen molar-refractivity contribution in [2.45, 2.75) is 38.3 Å². The summed E-state index contributed by atoms with van der Waals surface area (Å²) in [5, 5.41) is 2.36. The van der Waals surface area contributed by atoms with E-state index in [9.17, 15) is 18.4 Å². The number of anilines is 1. The van der Waals surface area contributed by atoms with Gasteiger partial charge < -0.3 is 10.2 Å². The van der Waals surface area contributed by atoms with E-state index in [4.69, 9.17) is 0 Å². The number of halogens is 2. The van der Waals surface area contributed by atoms with E-state index >= 15 is 0 Å². The standard InChI is InChI=1S/C17H21F2N3O2/c1-2-12-9-21-7-3-4-13(21)10-22(12)17(24)16(23)20-11-5-6-14(18)15(19)8-11/h5-6,8,12-13H,2-4,7,9-10H2,1H3,(H,20,23)/t12-,13-/m1/s1. The van der Waals surface area contributed by atoms with E-state index in [1.54, 1.807) is 4.90 Å². The number of nitrogens with zero attached hydrogens (tertiary/aromatic N) is 2. The van der Waals surface area contributed by atoms with E-state index in [0.29, 0.717) is 12.6 Å². The Labute approximate surface area is 139 Å². The molecule has 2 aliphatic rings. The monoisotopic (exact) mass is 337 g/mol. The summed E-state index contributed by atoms with van der Waals surface area (Å²) in [6, 6.07) is 3.33. The first kappa shape index (κ1) is 16.8. The summed E-state index contributed by atoms with van der Waals surface area (Å²) in [7, 11) is 0. The molecule has 2 aliphatic heterocycles. The van der Waals surface area contributed by atoms with E-state index in [1.165, 1.54) is 6.07 Å². The second kappa shape index (κ2) is 6.84. The normalized spacial score (nSPS) is 23.9. The highest BCUT2D eigenvalue weighted by molar-refractivity contribution is 6.39. The van der Waals surface area contributed by atoms with E-state index < -0.39 is 23.4 Å². The number of carbonyl (C=O) groups is 2. The molecule has 7 heteroatoms. The van der Waals surface area contributed by atoms with Gasteiger partial charge in [-0.3, -0.25) is 14.5 Å². The second-order valence-corrected chi connectivity index (χ2v) is 6.39. The maximum atomic E-state index is 13.2. The largest absolute Gasteiger partial charge is 0.329 e. The summed E-state index contributed by atoms with van der Waals surface area (Å²) in [6.07, 6.45) is 2.92. The Balaban J connectivity index is 1.69. The Bertz CT molecular complexity index is 653. The van der Waals surface area contributed by atoms with Crippen molar-refractivity contribution in [3.8, 4) is 0 Å². The number of piperazine rings is 1. The number of nitrogens with one attached hydrogen (secondary N) is 1. The van der Waals surface area contributed by atoms with Gasteiger partial charge in [0.25, 0.3) is 0 Å². The van der Waals surface area contributed by atoms with Gasteiger partial charge >= 0.3 is 11.8 Å². The van der Waals surface area contributed by atoms with Crippen LogP contribution < -0.4 is 5.32 Å². The summed E-state index contributed by atoms with van der Waals surface area (Å²) < 4.78 is 26.2. The minimum absolute atomic E-state index is 0.00236. The Kier molecular flexibility index (Phi) is 4.80. The minimum Gasteiger partial charge on any atom is -0.329 e. The predicted octanol–water partition coefficient (Wildman–Crippen LogP) is 1.99. The van der Waals surface area contributed by atoms with Crippen molar-refractivity contribution in [1.82, 2.24) is 9.80 Å². The first-order valence-electron chi connectivity index (χ1n) is 8.30. The molecule has 0 radical (unpaired) electrons. The fourth-order valence-corrected chi connectivity index (χ4v) is 3.57. The molecule has 0 aliphatic carbocycles. The van der Waals surface area contributed by atoms with E-state index in [1.807, 2.05) is 6.92 Å². The molecule has 3 rings (SSSR count). The molecule has 1 N–H and O–H groups in total. The number of carbonyl (C=O) groups excluding carboxylic acids is 2. The van der Waals surface area contributed by atoms with Gasteiger partial charge in [-0.15, -0.1) is 0 Å². The van der Waals surface area contributed by atoms with Gasteiger partial charge in [0.2, 0.25) is 0 Å². The van der Waals surface area contributed by atoms with Crippen molar-refractivity contribution >= 4 is 17.5 Å². The Morgan fingerprint density at radius 1 is 1.25 bits per heavy atom. The van der Waals surface area contributed by atoms with Crippen LogP contribution >= 0.6 is 0 Å². The number of hydrogen-bond acceptors (Lipinski definition) is 3. The van der Waals surface area contributed by atoms with E-state index in [2.05, 4.69) is 10.2 Å². The third kappa shape index (κ3) is 3.26. The topological polar surface area (TPSA) is 52.7 Å². The van der Waals surface area contributed by atoms with Gasteiger partial charge in [0.1, 0.15) is 0 Å². The lowest BCUT2D eigenvalue weighted by molar-refractivity contribution is -0.147. The molecule has 0 unspecified atom stereocenters. The number of amides is 2. The molecule has 5 nitrogen and oxygen atoms in total. The van der Waals surface area contributed by atoms with Gasteiger partial charge in [0.05, 0.1) is 0 Å². The zero-order chi connectivity index (χ0) is 17.3. The highest BCUT2D eigenvalue weighted by Gasteiger charge is 2.39. The first-order valence-corrected chi connectivity index (χ1v) is 8.30. The van der Waals surface area contributed by atoms with Crippen LogP contribution in [0.4, 0.5) is 14.5 Å². The molecule has 0 saturated carbocycles. The van der Waals surface area contributed by atoms with Crippen molar-refractivity contribution in [3.05, 3.63) is 29.8 Å². The summed E-state index contributed by atoms with van der Waals surface area (Å²) in [5.74, 6) is -3.49. The molecule has 2 fully saturated rings. The molecule has 0 bridgehead atoms. The Morgan fingerprint density at radius 2 is 2.04 bits per heavy atom. The van der Waals surface area contributed by atoms with Crippen molar-refractivity contribution < 1.29 is 18.4 Å². The third-order valence-electron chi connectivity index (χ3n) is 4.90. The molecule has 24 heavy (non-hydrogen) atoms. The van der Waals surface area contributed by atoms with Gasteiger partial charge in [-0.25, -0.2) is 8.78 Å². The van der Waals surface area contributed by atoms with Crippen LogP contribution in [0.5, 0.6) is 0 Å². The lowest BCUT2D eigenvalue weighted by Gasteiger charge is -2.43. The molecule has 0 spiro atoms. The van der Waals surface area contributed by atoms with E-state index in [0.717, 1.165) is 44.5 Å². The summed E-state index contributed by atoms with van der Waals surface area (Å²) in [6.45, 7) is 4.37. The fourth-order valence-electron chi connectivity index (χ4n) is 3.57. The zero-order valence-electron chi connectivity index (χ0n) is 13.6. The lowest BCUT2D eigenvalue weighted by atomic mass is 10.0. The molecule has 2 heterocycles. The highest BCUT2D eigenvalue weighted by Crippen LogP contribution is 2.26. The van der Waals surface area contributed by atoms with Gasteiger partial charge in [0.15, 0.2) is 11.6 Å². The average Bonchev–Trinajstić information content (AvgIpc) is 3.03. The van der Waals surface area contributed by atoms with Crippen molar-refractivity contribution in [3.63, 3.8) is 0 Å². The second-order valence-electron chi connectivity index (χ2n) is 6.39. The van der Waals surface area contributed by atoms with Gasteiger partial charge in [-0.2, -0.15) is 0 Å². The van der Waals surface area contributed by atoms with Crippen LogP contribution in [0, 0.1) is 11.6 Å². The van der Waals surface area contributed by atoms with Crippen molar-refractivity contribution in [1.29, 1.82) is 0 Å². The SMILES string of the molecule is CC[C@@H]1CN2CCC[C@@H]2CN1C(=O)C(=O)Nc1ccc(F)c(F)c1. The summed E-state index contributed by atoms with van der Waals surface area (Å²) in [4.78, 5) is 28.8. The number of rotatable bonds is 2. The smallest absolute Gasteiger partial charge is 0.313 e. The number of fused-ring (bicyclic) bond motifs is 1. The van der Waals surface area contributed by atoms with Gasteiger partial charge in [-0.05, 0) is 37.9 Å². The van der Waals surface area contributed by atoms with Crippen LogP contribution in [0.15, 0.2) is 18.2 Å². The third-order valence-corrected chi connectivity index (χ3v) is 4.90. The van der Waals surface area contributed by atoms with E-state index in [-0.39, 0.29) is 11.7 Å². The van der Waals surface area contributed by atoms with Crippen molar-refractivity contribution in [2.24, 2.45) is 0 Å². The Hall–Kier alpha value is -2.02. The molecule has 130 valence electrons. The predicted molar refractivity (Wildman–Crippen MR) is 85.4 cm³/mol. The quantitative estimate of drug-likeness (QED) is 0.840. The number of hydrogen-bond donors (Lipinski definition) is 1. The van der Waals surface area contributed by atoms with Crippen LogP contribution in [-0.4, -0.2) is 53.3 Å². The zero-order valence-corrected chi connectivity index (χ0v) is 13.6. The molecule has 1 aromatic carbocycles.